The minimum atomic E-state index is -1.44. The van der Waals surface area contributed by atoms with E-state index in [1.54, 1.807) is 12.1 Å². The average molecular weight is 260 g/mol. The number of carboxylic acid groups (broad SMARTS) is 1. The standard InChI is InChI=1S/C14H10N2O3.Li/c1-15-9-4-5-10(8-2-3-8)11(6-9)12-7-16-13(19-12)14(17)18;/h4-8H,2-3H2,(H,17,18);/q;+1/p-1. The monoisotopic (exact) mass is 260 g/mol. The molecule has 3 rings (SSSR count). The molecule has 1 heterocycles. The van der Waals surface area contributed by atoms with Gasteiger partial charge < -0.3 is 14.3 Å². The van der Waals surface area contributed by atoms with Crippen LogP contribution in [-0.4, -0.2) is 11.0 Å². The molecule has 0 atom stereocenters. The van der Waals surface area contributed by atoms with E-state index >= 15 is 0 Å². The fraction of sp³-hybridized carbons (Fsp3) is 0.214. The number of hydrogen-bond donors (Lipinski definition) is 0. The van der Waals surface area contributed by atoms with E-state index in [0.29, 0.717) is 17.4 Å². The largest absolute Gasteiger partial charge is 1.00 e. The summed E-state index contributed by atoms with van der Waals surface area (Å²) in [6.07, 6.45) is 3.57. The van der Waals surface area contributed by atoms with Gasteiger partial charge in [-0.05, 0) is 30.4 Å². The first-order chi connectivity index (χ1) is 9.19. The molecule has 1 aromatic carbocycles. The quantitative estimate of drug-likeness (QED) is 0.531. The number of oxazole rings is 1. The third-order valence-electron chi connectivity index (χ3n) is 3.13. The Morgan fingerprint density at radius 2 is 2.20 bits per heavy atom. The van der Waals surface area contributed by atoms with Gasteiger partial charge in [0.1, 0.15) is 5.97 Å². The van der Waals surface area contributed by atoms with Crippen LogP contribution in [0.25, 0.3) is 16.2 Å². The summed E-state index contributed by atoms with van der Waals surface area (Å²) in [5, 5.41) is 10.7. The van der Waals surface area contributed by atoms with Gasteiger partial charge in [-0.1, -0.05) is 12.1 Å². The average Bonchev–Trinajstić information content (AvgIpc) is 3.14. The van der Waals surface area contributed by atoms with Crippen LogP contribution < -0.4 is 24.0 Å². The van der Waals surface area contributed by atoms with E-state index in [1.165, 1.54) is 6.20 Å². The predicted octanol–water partition coefficient (Wildman–Crippen LogP) is -0.863. The van der Waals surface area contributed by atoms with Crippen LogP contribution in [0.3, 0.4) is 0 Å². The maximum atomic E-state index is 10.7. The Bertz CT molecular complexity index is 699. The molecule has 1 fully saturated rings. The van der Waals surface area contributed by atoms with Crippen LogP contribution in [-0.2, 0) is 0 Å². The molecule has 0 radical (unpaired) electrons. The normalized spacial score (nSPS) is 13.3. The topological polar surface area (TPSA) is 70.5 Å². The molecule has 1 aliphatic carbocycles. The minimum Gasteiger partial charge on any atom is -0.540 e. The van der Waals surface area contributed by atoms with E-state index in [1.807, 2.05) is 6.07 Å². The van der Waals surface area contributed by atoms with Gasteiger partial charge in [0.15, 0.2) is 11.4 Å². The maximum Gasteiger partial charge on any atom is 1.00 e. The molecule has 0 spiro atoms. The third kappa shape index (κ3) is 2.62. The summed E-state index contributed by atoms with van der Waals surface area (Å²) < 4.78 is 5.17. The molecule has 20 heavy (non-hydrogen) atoms. The van der Waals surface area contributed by atoms with Crippen molar-refractivity contribution in [2.45, 2.75) is 18.8 Å². The molecular formula is C14H9LiN2O3. The number of aromatic nitrogens is 1. The van der Waals surface area contributed by atoms with Crippen LogP contribution in [0.1, 0.15) is 35.0 Å². The Morgan fingerprint density at radius 1 is 1.45 bits per heavy atom. The van der Waals surface area contributed by atoms with Crippen molar-refractivity contribution in [1.29, 1.82) is 0 Å². The van der Waals surface area contributed by atoms with Gasteiger partial charge in [-0.25, -0.2) is 9.83 Å². The van der Waals surface area contributed by atoms with Crippen molar-refractivity contribution < 1.29 is 33.2 Å². The summed E-state index contributed by atoms with van der Waals surface area (Å²) >= 11 is 0. The second-order valence-electron chi connectivity index (χ2n) is 4.47. The summed E-state index contributed by atoms with van der Waals surface area (Å²) in [6.45, 7) is 7.04. The molecule has 5 nitrogen and oxygen atoms in total. The Labute approximate surface area is 127 Å². The molecule has 0 unspecified atom stereocenters. The molecule has 0 bridgehead atoms. The van der Waals surface area contributed by atoms with Crippen LogP contribution in [0.4, 0.5) is 5.69 Å². The summed E-state index contributed by atoms with van der Waals surface area (Å²) in [7, 11) is 0. The first-order valence-electron chi connectivity index (χ1n) is 5.88. The van der Waals surface area contributed by atoms with Crippen molar-refractivity contribution in [2.24, 2.45) is 0 Å². The number of benzene rings is 1. The summed E-state index contributed by atoms with van der Waals surface area (Å²) in [4.78, 5) is 17.7. The summed E-state index contributed by atoms with van der Waals surface area (Å²) in [5.74, 6) is -1.05. The first-order valence-corrected chi connectivity index (χ1v) is 5.88. The molecule has 0 aliphatic heterocycles. The number of nitrogens with zero attached hydrogens (tertiary/aromatic N) is 2. The second-order valence-corrected chi connectivity index (χ2v) is 4.47. The van der Waals surface area contributed by atoms with Crippen LogP contribution in [0.2, 0.25) is 0 Å². The van der Waals surface area contributed by atoms with E-state index in [9.17, 15) is 9.90 Å². The molecular weight excluding hydrogens is 251 g/mol. The number of hydrogen-bond acceptors (Lipinski definition) is 4. The molecule has 6 heteroatoms. The maximum absolute atomic E-state index is 10.7. The Hall–Kier alpha value is -2.01. The van der Waals surface area contributed by atoms with Gasteiger partial charge in [0, 0.05) is 5.56 Å². The fourth-order valence-corrected chi connectivity index (χ4v) is 2.07. The van der Waals surface area contributed by atoms with Gasteiger partial charge in [-0.15, -0.1) is 0 Å². The summed E-state index contributed by atoms with van der Waals surface area (Å²) in [5.41, 5.74) is 2.32. The molecule has 1 aliphatic rings. The van der Waals surface area contributed by atoms with Crippen molar-refractivity contribution in [2.75, 3.05) is 0 Å². The Morgan fingerprint density at radius 3 is 2.75 bits per heavy atom. The van der Waals surface area contributed by atoms with Gasteiger partial charge in [0.25, 0.3) is 0 Å². The molecule has 0 amide bonds. The zero-order valence-corrected chi connectivity index (χ0v) is 10.9. The molecule has 2 aromatic rings. The van der Waals surface area contributed by atoms with Crippen molar-refractivity contribution in [3.05, 3.63) is 47.3 Å². The van der Waals surface area contributed by atoms with E-state index in [0.717, 1.165) is 24.0 Å². The minimum absolute atomic E-state index is 0. The molecule has 0 N–H and O–H groups in total. The zero-order valence-electron chi connectivity index (χ0n) is 10.9. The second kappa shape index (κ2) is 5.54. The van der Waals surface area contributed by atoms with E-state index < -0.39 is 11.9 Å². The van der Waals surface area contributed by atoms with Crippen molar-refractivity contribution >= 4 is 11.7 Å². The van der Waals surface area contributed by atoms with E-state index in [2.05, 4.69) is 9.83 Å². The van der Waals surface area contributed by atoms with Crippen molar-refractivity contribution in [1.82, 2.24) is 4.98 Å². The third-order valence-corrected chi connectivity index (χ3v) is 3.13. The molecule has 0 saturated heterocycles. The van der Waals surface area contributed by atoms with Crippen LogP contribution in [0, 0.1) is 6.57 Å². The van der Waals surface area contributed by atoms with Gasteiger partial charge in [0.05, 0.1) is 12.8 Å². The fourth-order valence-electron chi connectivity index (χ4n) is 2.07. The number of aromatic carboxylic acids is 1. The Balaban J connectivity index is 0.00000147. The van der Waals surface area contributed by atoms with Gasteiger partial charge in [-0.3, -0.25) is 0 Å². The van der Waals surface area contributed by atoms with E-state index in [-0.39, 0.29) is 18.9 Å². The van der Waals surface area contributed by atoms with Crippen molar-refractivity contribution in [3.63, 3.8) is 0 Å². The zero-order chi connectivity index (χ0) is 13.4. The van der Waals surface area contributed by atoms with Gasteiger partial charge in [0.2, 0.25) is 5.89 Å². The van der Waals surface area contributed by atoms with Crippen LogP contribution in [0.15, 0.2) is 28.8 Å². The van der Waals surface area contributed by atoms with Crippen LogP contribution >= 0.6 is 0 Å². The Kier molecular flexibility index (Phi) is 3.99. The SMILES string of the molecule is [C-]#[N+]c1ccc(C2CC2)c(-c2cnc(C(=O)[O-])o2)c1.[Li+]. The van der Waals surface area contributed by atoms with E-state index in [4.69, 9.17) is 11.0 Å². The van der Waals surface area contributed by atoms with Crippen molar-refractivity contribution in [3.8, 4) is 11.3 Å². The number of carbonyl (C=O) groups is 1. The molecule has 1 aromatic heterocycles. The van der Waals surface area contributed by atoms with Crippen LogP contribution in [0.5, 0.6) is 0 Å². The number of rotatable bonds is 3. The summed E-state index contributed by atoms with van der Waals surface area (Å²) in [6, 6.07) is 5.38. The van der Waals surface area contributed by atoms with Gasteiger partial charge >= 0.3 is 18.9 Å². The molecule has 1 saturated carbocycles. The number of carboxylic acids is 1. The first kappa shape index (κ1) is 14.4. The molecule has 94 valence electrons. The smallest absolute Gasteiger partial charge is 0.540 e. The van der Waals surface area contributed by atoms with Gasteiger partial charge in [-0.2, -0.15) is 0 Å². The predicted molar refractivity (Wildman–Crippen MR) is 64.5 cm³/mol. The number of carbonyl (C=O) groups excluding carboxylic acids is 1.